The monoisotopic (exact) mass is 275 g/mol. The summed E-state index contributed by atoms with van der Waals surface area (Å²) >= 11 is 5.01. The zero-order chi connectivity index (χ0) is 13.3. The van der Waals surface area contributed by atoms with Crippen molar-refractivity contribution in [2.75, 3.05) is 0 Å². The minimum Gasteiger partial charge on any atom is -0.406 e. The number of hydrogen-bond donors (Lipinski definition) is 1. The lowest BCUT2D eigenvalue weighted by Crippen LogP contribution is -2.17. The fourth-order valence-electron chi connectivity index (χ4n) is 1.48. The van der Waals surface area contributed by atoms with Crippen LogP contribution in [0.5, 0.6) is 5.75 Å². The molecule has 0 amide bonds. The van der Waals surface area contributed by atoms with Crippen LogP contribution in [0.15, 0.2) is 24.3 Å². The van der Waals surface area contributed by atoms with E-state index in [1.807, 2.05) is 0 Å². The molecule has 0 fully saturated rings. The third-order valence-electron chi connectivity index (χ3n) is 2.17. The fraction of sp³-hybridized carbons (Fsp3) is 0.200. The van der Waals surface area contributed by atoms with Gasteiger partial charge in [0.1, 0.15) is 11.6 Å². The van der Waals surface area contributed by atoms with Crippen LogP contribution in [0.2, 0.25) is 0 Å². The van der Waals surface area contributed by atoms with Gasteiger partial charge >= 0.3 is 6.36 Å². The summed E-state index contributed by atoms with van der Waals surface area (Å²) in [6.45, 7) is 1.73. The third kappa shape index (κ3) is 2.70. The lowest BCUT2D eigenvalue weighted by Gasteiger charge is -2.09. The van der Waals surface area contributed by atoms with Crippen molar-refractivity contribution < 1.29 is 17.9 Å². The molecule has 2 aromatic rings. The summed E-state index contributed by atoms with van der Waals surface area (Å²) in [5.74, 6) is 0.336. The van der Waals surface area contributed by atoms with Crippen LogP contribution in [0.3, 0.4) is 0 Å². The summed E-state index contributed by atoms with van der Waals surface area (Å²) < 4.78 is 41.7. The van der Waals surface area contributed by atoms with Crippen molar-refractivity contribution in [2.24, 2.45) is 0 Å². The van der Waals surface area contributed by atoms with E-state index in [2.05, 4.69) is 14.9 Å². The van der Waals surface area contributed by atoms with Crippen molar-refractivity contribution in [3.05, 3.63) is 34.9 Å². The zero-order valence-electron chi connectivity index (χ0n) is 9.15. The number of H-pyrrole nitrogens is 1. The Bertz CT molecular complexity index is 600. The highest BCUT2D eigenvalue weighted by molar-refractivity contribution is 7.71. The van der Waals surface area contributed by atoms with E-state index in [0.717, 1.165) is 0 Å². The molecule has 0 saturated carbocycles. The first-order chi connectivity index (χ1) is 8.37. The van der Waals surface area contributed by atoms with Crippen LogP contribution in [0, 0.1) is 11.7 Å². The van der Waals surface area contributed by atoms with Crippen molar-refractivity contribution in [3.8, 4) is 11.4 Å². The molecule has 1 heterocycles. The number of rotatable bonds is 2. The molecule has 1 N–H and O–H groups in total. The molecule has 2 rings (SSSR count). The molecule has 96 valence electrons. The van der Waals surface area contributed by atoms with E-state index in [4.69, 9.17) is 12.2 Å². The topological polar surface area (TPSA) is 42.8 Å². The van der Waals surface area contributed by atoms with E-state index < -0.39 is 6.36 Å². The van der Waals surface area contributed by atoms with Crippen LogP contribution in [-0.4, -0.2) is 21.1 Å². The number of aromatic amines is 1. The van der Waals surface area contributed by atoms with E-state index >= 15 is 0 Å². The largest absolute Gasteiger partial charge is 0.573 e. The first kappa shape index (κ1) is 12.6. The molecule has 0 bridgehead atoms. The number of halogens is 3. The Morgan fingerprint density at radius 2 is 1.89 bits per heavy atom. The Morgan fingerprint density at radius 3 is 2.33 bits per heavy atom. The number of nitrogens with one attached hydrogen (secondary N) is 1. The van der Waals surface area contributed by atoms with Gasteiger partial charge in [0.2, 0.25) is 0 Å². The van der Waals surface area contributed by atoms with Crippen molar-refractivity contribution in [3.63, 3.8) is 0 Å². The predicted molar refractivity (Wildman–Crippen MR) is 60.2 cm³/mol. The quantitative estimate of drug-likeness (QED) is 0.856. The molecule has 4 nitrogen and oxygen atoms in total. The zero-order valence-corrected chi connectivity index (χ0v) is 9.97. The Labute approximate surface area is 105 Å². The number of nitrogens with zero attached hydrogens (tertiary/aromatic N) is 2. The Morgan fingerprint density at radius 1 is 1.28 bits per heavy atom. The first-order valence-electron chi connectivity index (χ1n) is 4.87. The van der Waals surface area contributed by atoms with Crippen LogP contribution in [-0.2, 0) is 0 Å². The Kier molecular flexibility index (Phi) is 3.12. The lowest BCUT2D eigenvalue weighted by molar-refractivity contribution is -0.274. The van der Waals surface area contributed by atoms with Gasteiger partial charge in [0.15, 0.2) is 4.77 Å². The summed E-state index contributed by atoms with van der Waals surface area (Å²) in [5, 5.41) is 6.50. The van der Waals surface area contributed by atoms with Crippen LogP contribution in [0.4, 0.5) is 13.2 Å². The maximum Gasteiger partial charge on any atom is 0.573 e. The van der Waals surface area contributed by atoms with E-state index in [9.17, 15) is 13.2 Å². The number of hydrogen-bond acceptors (Lipinski definition) is 3. The Balaban J connectivity index is 2.31. The van der Waals surface area contributed by atoms with E-state index in [-0.39, 0.29) is 5.75 Å². The van der Waals surface area contributed by atoms with Crippen LogP contribution >= 0.6 is 12.2 Å². The molecule has 18 heavy (non-hydrogen) atoms. The number of aryl methyl sites for hydroxylation is 1. The van der Waals surface area contributed by atoms with Gasteiger partial charge in [-0.05, 0) is 43.4 Å². The highest BCUT2D eigenvalue weighted by Gasteiger charge is 2.30. The first-order valence-corrected chi connectivity index (χ1v) is 5.28. The van der Waals surface area contributed by atoms with Gasteiger partial charge < -0.3 is 4.74 Å². The smallest absolute Gasteiger partial charge is 0.406 e. The molecule has 0 unspecified atom stereocenters. The summed E-state index contributed by atoms with van der Waals surface area (Å²) in [7, 11) is 0. The molecule has 0 spiro atoms. The molecule has 1 aromatic carbocycles. The van der Waals surface area contributed by atoms with Crippen LogP contribution in [0.1, 0.15) is 5.82 Å². The predicted octanol–water partition coefficient (Wildman–Crippen LogP) is 3.14. The third-order valence-corrected chi connectivity index (χ3v) is 2.44. The van der Waals surface area contributed by atoms with E-state index in [1.54, 1.807) is 11.5 Å². The second-order valence-corrected chi connectivity index (χ2v) is 3.84. The van der Waals surface area contributed by atoms with E-state index in [1.165, 1.54) is 24.3 Å². The SMILES string of the molecule is Cc1n[nH]c(=S)n1-c1ccc(OC(F)(F)F)cc1. The number of ether oxygens (including phenoxy) is 1. The van der Waals surface area contributed by atoms with Crippen molar-refractivity contribution in [1.82, 2.24) is 14.8 Å². The number of alkyl halides is 3. The second-order valence-electron chi connectivity index (χ2n) is 3.45. The molecule has 0 saturated heterocycles. The average Bonchev–Trinajstić information content (AvgIpc) is 2.58. The van der Waals surface area contributed by atoms with Gasteiger partial charge in [0.25, 0.3) is 0 Å². The van der Waals surface area contributed by atoms with Gasteiger partial charge in [0, 0.05) is 5.69 Å². The summed E-state index contributed by atoms with van der Waals surface area (Å²) in [6.07, 6.45) is -4.69. The molecule has 0 aliphatic rings. The van der Waals surface area contributed by atoms with E-state index in [0.29, 0.717) is 16.3 Å². The van der Waals surface area contributed by atoms with Crippen molar-refractivity contribution >= 4 is 12.2 Å². The minimum atomic E-state index is -4.69. The fourth-order valence-corrected chi connectivity index (χ4v) is 1.76. The summed E-state index contributed by atoms with van der Waals surface area (Å²) in [4.78, 5) is 0. The van der Waals surface area contributed by atoms with Gasteiger partial charge in [0.05, 0.1) is 0 Å². The summed E-state index contributed by atoms with van der Waals surface area (Å²) in [6, 6.07) is 5.38. The molecule has 1 aromatic heterocycles. The highest BCUT2D eigenvalue weighted by Crippen LogP contribution is 2.23. The lowest BCUT2D eigenvalue weighted by atomic mass is 10.3. The van der Waals surface area contributed by atoms with Crippen LogP contribution in [0.25, 0.3) is 5.69 Å². The molecule has 0 aliphatic heterocycles. The van der Waals surface area contributed by atoms with Crippen molar-refractivity contribution in [2.45, 2.75) is 13.3 Å². The standard InChI is InChI=1S/C10H8F3N3OS/c1-6-14-15-9(18)16(6)7-2-4-8(5-3-7)17-10(11,12)13/h2-5H,1H3,(H,15,18). The summed E-state index contributed by atoms with van der Waals surface area (Å²) in [5.41, 5.74) is 0.612. The average molecular weight is 275 g/mol. The molecule has 0 atom stereocenters. The molecule has 0 aliphatic carbocycles. The molecule has 8 heteroatoms. The normalized spacial score (nSPS) is 11.6. The maximum absolute atomic E-state index is 12.0. The highest BCUT2D eigenvalue weighted by atomic mass is 32.1. The van der Waals surface area contributed by atoms with Gasteiger partial charge in [-0.1, -0.05) is 0 Å². The minimum absolute atomic E-state index is 0.279. The van der Waals surface area contributed by atoms with Crippen molar-refractivity contribution in [1.29, 1.82) is 0 Å². The van der Waals surface area contributed by atoms with Gasteiger partial charge in [-0.15, -0.1) is 13.2 Å². The van der Waals surface area contributed by atoms with Gasteiger partial charge in [-0.25, -0.2) is 0 Å². The van der Waals surface area contributed by atoms with Crippen LogP contribution < -0.4 is 4.74 Å². The Hall–Kier alpha value is -1.83. The number of aromatic nitrogens is 3. The molecule has 0 radical (unpaired) electrons. The van der Waals surface area contributed by atoms with Gasteiger partial charge in [-0.3, -0.25) is 9.67 Å². The molecular formula is C10H8F3N3OS. The van der Waals surface area contributed by atoms with Gasteiger partial charge in [-0.2, -0.15) is 5.10 Å². The maximum atomic E-state index is 12.0. The second kappa shape index (κ2) is 4.45. The number of benzene rings is 1. The molecular weight excluding hydrogens is 267 g/mol.